The largest absolute Gasteiger partial charge is 0.406 e. The predicted octanol–water partition coefficient (Wildman–Crippen LogP) is -1.28. The first-order chi connectivity index (χ1) is 7.56. The lowest BCUT2D eigenvalue weighted by Gasteiger charge is -1.87. The number of non-ortho nitro benzene ring substituents is 1. The Bertz CT molecular complexity index is 584. The maximum atomic E-state index is 10.5. The lowest BCUT2D eigenvalue weighted by molar-refractivity contribution is -0.384. The zero-order chi connectivity index (χ0) is 11.7. The van der Waals surface area contributed by atoms with Crippen molar-refractivity contribution in [3.8, 4) is 0 Å². The second-order valence-electron chi connectivity index (χ2n) is 3.01. The minimum Gasteiger partial charge on any atom is -0.404 e. The minimum atomic E-state index is -0.509. The fraction of sp³-hybridized carbons (Fsp3) is 0. The van der Waals surface area contributed by atoms with Gasteiger partial charge in [0.15, 0.2) is 11.1 Å². The molecule has 1 heterocycles. The van der Waals surface area contributed by atoms with Gasteiger partial charge in [-0.15, -0.1) is 0 Å². The van der Waals surface area contributed by atoms with Crippen LogP contribution in [0.2, 0.25) is 0 Å². The number of nitrogens with two attached hydrogens (primary N) is 2. The molecule has 0 aliphatic heterocycles. The molecule has 2 rings (SSSR count). The topological polar surface area (TPSA) is 135 Å². The molecule has 0 aliphatic carbocycles. The van der Waals surface area contributed by atoms with Crippen molar-refractivity contribution in [2.45, 2.75) is 0 Å². The Balaban J connectivity index is 2.54. The van der Waals surface area contributed by atoms with Gasteiger partial charge in [-0.25, -0.2) is 4.99 Å². The number of nitrogens with zero attached hydrogens (tertiary/aromatic N) is 2. The van der Waals surface area contributed by atoms with Gasteiger partial charge in [0.2, 0.25) is 0 Å². The van der Waals surface area contributed by atoms with E-state index in [0.29, 0.717) is 11.1 Å². The monoisotopic (exact) mass is 222 g/mol. The average molecular weight is 222 g/mol. The molecule has 0 fully saturated rings. The molecule has 0 atom stereocenters. The number of aromatic nitrogens is 1. The number of hydrogen-bond acceptors (Lipinski definition) is 4. The smallest absolute Gasteiger partial charge is 0.404 e. The Kier molecular flexibility index (Phi) is 2.16. The molecule has 1 aromatic carbocycles. The normalized spacial score (nSPS) is 10.2. The number of fused-ring (bicyclic) bond motifs is 1. The fourth-order valence-electron chi connectivity index (χ4n) is 1.21. The van der Waals surface area contributed by atoms with E-state index in [0.717, 1.165) is 0 Å². The van der Waals surface area contributed by atoms with Crippen molar-refractivity contribution in [2.75, 3.05) is 0 Å². The highest BCUT2D eigenvalue weighted by molar-refractivity contribution is 5.76. The minimum absolute atomic E-state index is 0.0583. The molecule has 2 aromatic rings. The fourth-order valence-corrected chi connectivity index (χ4v) is 1.21. The van der Waals surface area contributed by atoms with Crippen LogP contribution in [0.15, 0.2) is 22.6 Å². The van der Waals surface area contributed by atoms with Gasteiger partial charge in [-0.1, -0.05) is 4.98 Å². The number of hydrogen-bond donors (Lipinski definition) is 3. The lowest BCUT2D eigenvalue weighted by Crippen LogP contribution is -2.72. The summed E-state index contributed by atoms with van der Waals surface area (Å²) in [6.07, 6.45) is 0. The van der Waals surface area contributed by atoms with Crippen LogP contribution in [0.3, 0.4) is 0 Å². The molecular weight excluding hydrogens is 214 g/mol. The maximum absolute atomic E-state index is 10.5. The van der Waals surface area contributed by atoms with Gasteiger partial charge < -0.3 is 15.9 Å². The molecular formula is C8H8N5O3+. The summed E-state index contributed by atoms with van der Waals surface area (Å²) < 4.78 is 5.19. The molecule has 16 heavy (non-hydrogen) atoms. The van der Waals surface area contributed by atoms with Crippen LogP contribution in [0.5, 0.6) is 0 Å². The van der Waals surface area contributed by atoms with Gasteiger partial charge in [0, 0.05) is 6.07 Å². The molecule has 8 heteroatoms. The van der Waals surface area contributed by atoms with Crippen LogP contribution < -0.4 is 16.5 Å². The quantitative estimate of drug-likeness (QED) is 0.250. The Morgan fingerprint density at radius 1 is 1.50 bits per heavy atom. The third-order valence-corrected chi connectivity index (χ3v) is 1.83. The van der Waals surface area contributed by atoms with E-state index in [1.807, 2.05) is 0 Å². The van der Waals surface area contributed by atoms with Crippen LogP contribution in [0.4, 0.5) is 11.7 Å². The van der Waals surface area contributed by atoms with Crippen LogP contribution in [0.25, 0.3) is 11.1 Å². The molecule has 5 N–H and O–H groups in total. The van der Waals surface area contributed by atoms with Crippen LogP contribution in [0.1, 0.15) is 0 Å². The summed E-state index contributed by atoms with van der Waals surface area (Å²) in [5.74, 6) is -0.0685. The van der Waals surface area contributed by atoms with E-state index < -0.39 is 4.92 Å². The molecule has 0 saturated heterocycles. The van der Waals surface area contributed by atoms with E-state index in [9.17, 15) is 10.1 Å². The highest BCUT2D eigenvalue weighted by atomic mass is 16.6. The van der Waals surface area contributed by atoms with Gasteiger partial charge in [-0.2, -0.15) is 0 Å². The van der Waals surface area contributed by atoms with Crippen molar-refractivity contribution in [3.63, 3.8) is 0 Å². The third kappa shape index (κ3) is 1.75. The van der Waals surface area contributed by atoms with Crippen molar-refractivity contribution in [2.24, 2.45) is 11.5 Å². The van der Waals surface area contributed by atoms with E-state index in [1.54, 1.807) is 0 Å². The lowest BCUT2D eigenvalue weighted by atomic mass is 10.3. The van der Waals surface area contributed by atoms with Gasteiger partial charge in [0.05, 0.1) is 11.0 Å². The summed E-state index contributed by atoms with van der Waals surface area (Å²) in [7, 11) is 0. The molecule has 0 aliphatic rings. The van der Waals surface area contributed by atoms with E-state index in [-0.39, 0.29) is 17.7 Å². The van der Waals surface area contributed by atoms with Gasteiger partial charge in [-0.3, -0.25) is 10.1 Å². The summed E-state index contributed by atoms with van der Waals surface area (Å²) in [6.45, 7) is 0. The summed E-state index contributed by atoms with van der Waals surface area (Å²) in [6, 6.07) is 4.18. The molecule has 0 radical (unpaired) electrons. The number of oxazole rings is 1. The molecule has 82 valence electrons. The second kappa shape index (κ2) is 3.50. The van der Waals surface area contributed by atoms with E-state index in [2.05, 4.69) is 9.98 Å². The highest BCUT2D eigenvalue weighted by Crippen LogP contribution is 2.21. The van der Waals surface area contributed by atoms with Crippen LogP contribution in [-0.4, -0.2) is 15.9 Å². The molecule has 0 amide bonds. The highest BCUT2D eigenvalue weighted by Gasteiger charge is 2.13. The van der Waals surface area contributed by atoms with Crippen molar-refractivity contribution < 1.29 is 14.3 Å². The zero-order valence-corrected chi connectivity index (χ0v) is 8.01. The van der Waals surface area contributed by atoms with Crippen molar-refractivity contribution >= 4 is 28.8 Å². The Labute approximate surface area is 88.7 Å². The molecule has 0 unspecified atom stereocenters. The van der Waals surface area contributed by atoms with Crippen molar-refractivity contribution in [1.29, 1.82) is 0 Å². The SMILES string of the molecule is NC(N)=[NH+]c1nc2cc([N+](=O)[O-])ccc2o1. The van der Waals surface area contributed by atoms with Crippen LogP contribution >= 0.6 is 0 Å². The second-order valence-corrected chi connectivity index (χ2v) is 3.01. The number of benzene rings is 1. The average Bonchev–Trinajstić information content (AvgIpc) is 2.56. The first kappa shape index (κ1) is 9.90. The predicted molar refractivity (Wildman–Crippen MR) is 54.7 cm³/mol. The Morgan fingerprint density at radius 3 is 2.88 bits per heavy atom. The van der Waals surface area contributed by atoms with Gasteiger partial charge in [0.25, 0.3) is 5.69 Å². The van der Waals surface area contributed by atoms with Gasteiger partial charge in [0.1, 0.15) is 0 Å². The van der Waals surface area contributed by atoms with Gasteiger partial charge in [-0.05, 0) is 6.07 Å². The van der Waals surface area contributed by atoms with E-state index in [4.69, 9.17) is 15.9 Å². The summed E-state index contributed by atoms with van der Waals surface area (Å²) in [5.41, 5.74) is 11.1. The summed E-state index contributed by atoms with van der Waals surface area (Å²) in [5, 5.41) is 10.5. The van der Waals surface area contributed by atoms with Crippen molar-refractivity contribution in [1.82, 2.24) is 4.98 Å². The molecule has 8 nitrogen and oxygen atoms in total. The van der Waals surface area contributed by atoms with E-state index >= 15 is 0 Å². The first-order valence-electron chi connectivity index (χ1n) is 4.26. The number of guanidine groups is 1. The van der Waals surface area contributed by atoms with Gasteiger partial charge >= 0.3 is 12.0 Å². The first-order valence-corrected chi connectivity index (χ1v) is 4.26. The molecule has 1 aromatic heterocycles. The van der Waals surface area contributed by atoms with Crippen LogP contribution in [0, 0.1) is 10.1 Å². The summed E-state index contributed by atoms with van der Waals surface area (Å²) >= 11 is 0. The Hall–Kier alpha value is -2.64. The standard InChI is InChI=1S/C8H7N5O3/c9-7(10)12-8-11-5-3-4(13(14)15)1-2-6(5)16-8/h1-3H,(H4,9,10,11,12)/p+1. The van der Waals surface area contributed by atoms with E-state index in [1.165, 1.54) is 18.2 Å². The maximum Gasteiger partial charge on any atom is 0.406 e. The molecule has 0 spiro atoms. The van der Waals surface area contributed by atoms with Crippen LogP contribution in [-0.2, 0) is 0 Å². The Morgan fingerprint density at radius 2 is 2.25 bits per heavy atom. The number of rotatable bonds is 2. The third-order valence-electron chi connectivity index (χ3n) is 1.83. The number of nitro benzene ring substituents is 1. The molecule has 0 saturated carbocycles. The molecule has 0 bridgehead atoms. The number of nitro groups is 1. The zero-order valence-electron chi connectivity index (χ0n) is 8.01. The van der Waals surface area contributed by atoms with Crippen molar-refractivity contribution in [3.05, 3.63) is 28.3 Å². The number of nitrogens with one attached hydrogen (secondary N) is 1. The summed E-state index contributed by atoms with van der Waals surface area (Å²) in [4.78, 5) is 16.4.